The molecule has 3 rings (SSSR count). The van der Waals surface area contributed by atoms with Gasteiger partial charge in [0.25, 0.3) is 5.91 Å². The fraction of sp³-hybridized carbons (Fsp3) is 0.150. The van der Waals surface area contributed by atoms with Crippen LogP contribution < -0.4 is 5.32 Å². The highest BCUT2D eigenvalue weighted by Gasteiger charge is 2.32. The smallest absolute Gasteiger partial charge is 0.266 e. The van der Waals surface area contributed by atoms with Gasteiger partial charge in [-0.05, 0) is 36.8 Å². The Kier molecular flexibility index (Phi) is 6.78. The van der Waals surface area contributed by atoms with Crippen LogP contribution in [0.1, 0.15) is 17.5 Å². The van der Waals surface area contributed by atoms with Crippen LogP contribution in [0.4, 0.5) is 5.69 Å². The van der Waals surface area contributed by atoms with E-state index in [9.17, 15) is 9.59 Å². The third kappa shape index (κ3) is 5.35. The van der Waals surface area contributed by atoms with Crippen LogP contribution in [0.3, 0.4) is 0 Å². The van der Waals surface area contributed by atoms with E-state index in [4.69, 9.17) is 35.4 Å². The number of nitrogens with one attached hydrogen (secondary N) is 1. The molecule has 144 valence electrons. The van der Waals surface area contributed by atoms with Crippen LogP contribution in [0.2, 0.25) is 10.0 Å². The van der Waals surface area contributed by atoms with Crippen molar-refractivity contribution >= 4 is 75.1 Å². The maximum Gasteiger partial charge on any atom is 0.266 e. The number of thioether (sulfide) groups is 1. The topological polar surface area (TPSA) is 49.4 Å². The maximum absolute atomic E-state index is 12.6. The normalized spacial score (nSPS) is 15.4. The van der Waals surface area contributed by atoms with Gasteiger partial charge < -0.3 is 5.32 Å². The Morgan fingerprint density at radius 1 is 1.18 bits per heavy atom. The minimum absolute atomic E-state index is 0.106. The van der Waals surface area contributed by atoms with Gasteiger partial charge in [-0.2, -0.15) is 0 Å². The van der Waals surface area contributed by atoms with Gasteiger partial charge in [-0.3, -0.25) is 14.5 Å². The van der Waals surface area contributed by atoms with E-state index >= 15 is 0 Å². The number of hydrogen-bond donors (Lipinski definition) is 1. The first-order valence-electron chi connectivity index (χ1n) is 8.40. The number of rotatable bonds is 5. The molecule has 2 amide bonds. The van der Waals surface area contributed by atoms with Crippen LogP contribution in [-0.4, -0.2) is 27.6 Å². The minimum atomic E-state index is -0.255. The maximum atomic E-state index is 12.6. The third-order valence-corrected chi connectivity index (χ3v) is 5.77. The second-order valence-electron chi connectivity index (χ2n) is 6.20. The first kappa shape index (κ1) is 20.9. The van der Waals surface area contributed by atoms with Gasteiger partial charge in [-0.1, -0.05) is 77.0 Å². The highest BCUT2D eigenvalue weighted by molar-refractivity contribution is 8.26. The lowest BCUT2D eigenvalue weighted by molar-refractivity contribution is -0.122. The molecule has 0 spiro atoms. The molecule has 2 aromatic carbocycles. The summed E-state index contributed by atoms with van der Waals surface area (Å²) in [5.74, 6) is -0.441. The molecule has 1 N–H and O–H groups in total. The molecule has 1 aliphatic rings. The highest BCUT2D eigenvalue weighted by atomic mass is 35.5. The Morgan fingerprint density at radius 3 is 2.46 bits per heavy atom. The monoisotopic (exact) mass is 450 g/mol. The summed E-state index contributed by atoms with van der Waals surface area (Å²) in [4.78, 5) is 26.8. The molecule has 0 aliphatic carbocycles. The van der Waals surface area contributed by atoms with Crippen molar-refractivity contribution in [3.63, 3.8) is 0 Å². The first-order valence-corrected chi connectivity index (χ1v) is 10.4. The zero-order valence-corrected chi connectivity index (χ0v) is 18.0. The van der Waals surface area contributed by atoms with Crippen LogP contribution >= 0.6 is 47.2 Å². The van der Waals surface area contributed by atoms with Crippen LogP contribution in [0, 0.1) is 6.92 Å². The fourth-order valence-corrected chi connectivity index (χ4v) is 4.40. The summed E-state index contributed by atoms with van der Waals surface area (Å²) in [6.45, 7) is 2.21. The van der Waals surface area contributed by atoms with Crippen molar-refractivity contribution in [3.8, 4) is 0 Å². The largest absolute Gasteiger partial charge is 0.326 e. The summed E-state index contributed by atoms with van der Waals surface area (Å²) < 4.78 is 0.446. The average Bonchev–Trinajstić information content (AvgIpc) is 2.87. The van der Waals surface area contributed by atoms with E-state index < -0.39 is 0 Å². The SMILES string of the molecule is Cc1ccc(C=C2SC(=S)N(CCC(=O)Nc3cc(Cl)cc(Cl)c3)C2=O)cc1. The van der Waals surface area contributed by atoms with Gasteiger partial charge in [0.2, 0.25) is 5.91 Å². The predicted octanol–water partition coefficient (Wildman–Crippen LogP) is 5.53. The Hall–Kier alpha value is -1.86. The van der Waals surface area contributed by atoms with Crippen molar-refractivity contribution in [3.05, 3.63) is 68.5 Å². The second-order valence-corrected chi connectivity index (χ2v) is 8.75. The number of benzene rings is 2. The van der Waals surface area contributed by atoms with Gasteiger partial charge in [0, 0.05) is 28.7 Å². The standard InChI is InChI=1S/C20H16Cl2N2O2S2/c1-12-2-4-13(5-3-12)8-17-19(26)24(20(27)28-17)7-6-18(25)23-16-10-14(21)9-15(22)11-16/h2-5,8-11H,6-7H2,1H3,(H,23,25). The molecule has 0 unspecified atom stereocenters. The zero-order valence-electron chi connectivity index (χ0n) is 14.9. The molecular weight excluding hydrogens is 435 g/mol. The van der Waals surface area contributed by atoms with Crippen molar-refractivity contribution in [1.29, 1.82) is 0 Å². The summed E-state index contributed by atoms with van der Waals surface area (Å²) in [6.07, 6.45) is 1.92. The lowest BCUT2D eigenvalue weighted by Gasteiger charge is -2.14. The Bertz CT molecular complexity index is 954. The number of halogens is 2. The first-order chi connectivity index (χ1) is 13.3. The summed E-state index contributed by atoms with van der Waals surface area (Å²) in [5, 5.41) is 3.59. The molecule has 8 heteroatoms. The van der Waals surface area contributed by atoms with Crippen LogP contribution in [0.15, 0.2) is 47.4 Å². The van der Waals surface area contributed by atoms with E-state index in [1.54, 1.807) is 18.2 Å². The zero-order chi connectivity index (χ0) is 20.3. The number of nitrogens with zero attached hydrogens (tertiary/aromatic N) is 1. The number of hydrogen-bond acceptors (Lipinski definition) is 4. The molecule has 4 nitrogen and oxygen atoms in total. The molecule has 1 fully saturated rings. The molecule has 0 saturated carbocycles. The van der Waals surface area contributed by atoms with Crippen molar-refractivity contribution in [2.24, 2.45) is 0 Å². The van der Waals surface area contributed by atoms with Crippen LogP contribution in [0.5, 0.6) is 0 Å². The molecule has 0 atom stereocenters. The molecule has 2 aromatic rings. The summed E-state index contributed by atoms with van der Waals surface area (Å²) in [5.41, 5.74) is 2.59. The summed E-state index contributed by atoms with van der Waals surface area (Å²) in [7, 11) is 0. The highest BCUT2D eigenvalue weighted by Crippen LogP contribution is 2.32. The number of thiocarbonyl (C=S) groups is 1. The van der Waals surface area contributed by atoms with Gasteiger partial charge >= 0.3 is 0 Å². The quantitative estimate of drug-likeness (QED) is 0.480. The third-order valence-electron chi connectivity index (χ3n) is 3.96. The predicted molar refractivity (Wildman–Crippen MR) is 121 cm³/mol. The summed E-state index contributed by atoms with van der Waals surface area (Å²) in [6, 6.07) is 12.7. The molecule has 1 heterocycles. The van der Waals surface area contributed by atoms with Gasteiger partial charge in [0.05, 0.1) is 4.91 Å². The van der Waals surface area contributed by atoms with E-state index in [0.29, 0.717) is 25.0 Å². The molecule has 28 heavy (non-hydrogen) atoms. The lowest BCUT2D eigenvalue weighted by Crippen LogP contribution is -2.31. The van der Waals surface area contributed by atoms with Crippen molar-refractivity contribution in [2.45, 2.75) is 13.3 Å². The van der Waals surface area contributed by atoms with Crippen molar-refractivity contribution in [1.82, 2.24) is 4.90 Å². The molecule has 0 aromatic heterocycles. The fourth-order valence-electron chi connectivity index (χ4n) is 2.57. The van der Waals surface area contributed by atoms with E-state index in [1.807, 2.05) is 37.3 Å². The molecule has 0 bridgehead atoms. The van der Waals surface area contributed by atoms with Crippen LogP contribution in [-0.2, 0) is 9.59 Å². The summed E-state index contributed by atoms with van der Waals surface area (Å²) >= 11 is 18.4. The minimum Gasteiger partial charge on any atom is -0.326 e. The number of carbonyl (C=O) groups is 2. The molecule has 0 radical (unpaired) electrons. The van der Waals surface area contributed by atoms with E-state index in [1.165, 1.54) is 16.7 Å². The Labute approximate surface area is 182 Å². The number of aryl methyl sites for hydroxylation is 1. The number of carbonyl (C=O) groups excluding carboxylic acids is 2. The number of anilines is 1. The Balaban J connectivity index is 1.61. The van der Waals surface area contributed by atoms with Gasteiger partial charge in [-0.25, -0.2) is 0 Å². The van der Waals surface area contributed by atoms with Gasteiger partial charge in [-0.15, -0.1) is 0 Å². The van der Waals surface area contributed by atoms with E-state index in [0.717, 1.165) is 11.1 Å². The van der Waals surface area contributed by atoms with Gasteiger partial charge in [0.15, 0.2) is 0 Å². The second kappa shape index (κ2) is 9.09. The van der Waals surface area contributed by atoms with Crippen molar-refractivity contribution < 1.29 is 9.59 Å². The molecule has 1 saturated heterocycles. The number of amides is 2. The Morgan fingerprint density at radius 2 is 1.82 bits per heavy atom. The van der Waals surface area contributed by atoms with Gasteiger partial charge in [0.1, 0.15) is 4.32 Å². The average molecular weight is 451 g/mol. The van der Waals surface area contributed by atoms with Crippen molar-refractivity contribution in [2.75, 3.05) is 11.9 Å². The molecular formula is C20H16Cl2N2O2S2. The van der Waals surface area contributed by atoms with E-state index in [-0.39, 0.29) is 24.8 Å². The lowest BCUT2D eigenvalue weighted by atomic mass is 10.1. The van der Waals surface area contributed by atoms with E-state index in [2.05, 4.69) is 5.32 Å². The van der Waals surface area contributed by atoms with Crippen LogP contribution in [0.25, 0.3) is 6.08 Å². The molecule has 1 aliphatic heterocycles.